The van der Waals surface area contributed by atoms with Crippen molar-refractivity contribution in [3.05, 3.63) is 59.7 Å². The predicted octanol–water partition coefficient (Wildman–Crippen LogP) is 3.02. The van der Waals surface area contributed by atoms with Gasteiger partial charge in [0, 0.05) is 25.1 Å². The van der Waals surface area contributed by atoms with Gasteiger partial charge in [-0.15, -0.1) is 0 Å². The third-order valence-corrected chi connectivity index (χ3v) is 4.55. The van der Waals surface area contributed by atoms with Crippen molar-refractivity contribution >= 4 is 11.8 Å². The highest BCUT2D eigenvalue weighted by atomic mass is 16.5. The van der Waals surface area contributed by atoms with Gasteiger partial charge < -0.3 is 19.7 Å². The number of likely N-dealkylation sites (tertiary alicyclic amines) is 1. The van der Waals surface area contributed by atoms with Gasteiger partial charge in [-0.05, 0) is 55.3 Å². The number of rotatable bonds is 9. The summed E-state index contributed by atoms with van der Waals surface area (Å²) in [5, 5.41) is 2.85. The summed E-state index contributed by atoms with van der Waals surface area (Å²) in [6.45, 7) is 4.79. The van der Waals surface area contributed by atoms with Crippen LogP contribution in [0.2, 0.25) is 0 Å². The average Bonchev–Trinajstić information content (AvgIpc) is 3.11. The van der Waals surface area contributed by atoms with E-state index in [1.54, 1.807) is 12.1 Å². The van der Waals surface area contributed by atoms with E-state index in [-0.39, 0.29) is 11.8 Å². The zero-order chi connectivity index (χ0) is 19.8. The number of nitrogens with zero attached hydrogens (tertiary/aromatic N) is 1. The van der Waals surface area contributed by atoms with Crippen molar-refractivity contribution in [2.75, 3.05) is 26.3 Å². The molecule has 0 bridgehead atoms. The smallest absolute Gasteiger partial charge is 0.251 e. The first-order valence-corrected chi connectivity index (χ1v) is 9.66. The van der Waals surface area contributed by atoms with Gasteiger partial charge in [0.1, 0.15) is 18.1 Å². The summed E-state index contributed by atoms with van der Waals surface area (Å²) in [7, 11) is 0. The van der Waals surface area contributed by atoms with Crippen molar-refractivity contribution < 1.29 is 19.1 Å². The minimum Gasteiger partial charge on any atom is -0.494 e. The summed E-state index contributed by atoms with van der Waals surface area (Å²) < 4.78 is 11.0. The van der Waals surface area contributed by atoms with Crippen molar-refractivity contribution in [2.45, 2.75) is 26.3 Å². The van der Waals surface area contributed by atoms with Gasteiger partial charge in [0.2, 0.25) is 5.91 Å². The molecular formula is C22H26N2O4. The number of hydrogen-bond donors (Lipinski definition) is 1. The van der Waals surface area contributed by atoms with Crippen LogP contribution in [0.1, 0.15) is 35.7 Å². The van der Waals surface area contributed by atoms with E-state index in [2.05, 4.69) is 5.32 Å². The Labute approximate surface area is 165 Å². The summed E-state index contributed by atoms with van der Waals surface area (Å²) >= 11 is 0. The summed E-state index contributed by atoms with van der Waals surface area (Å²) in [6.07, 6.45) is 1.57. The van der Waals surface area contributed by atoms with Gasteiger partial charge in [-0.25, -0.2) is 0 Å². The number of hydrogen-bond acceptors (Lipinski definition) is 4. The Morgan fingerprint density at radius 1 is 1.04 bits per heavy atom. The van der Waals surface area contributed by atoms with Crippen LogP contribution < -0.4 is 14.8 Å². The minimum absolute atomic E-state index is 0.140. The summed E-state index contributed by atoms with van der Waals surface area (Å²) in [4.78, 5) is 25.8. The molecule has 1 aliphatic heterocycles. The number of benzene rings is 2. The van der Waals surface area contributed by atoms with E-state index < -0.39 is 0 Å². The van der Waals surface area contributed by atoms with Gasteiger partial charge in [-0.1, -0.05) is 12.1 Å². The van der Waals surface area contributed by atoms with Crippen LogP contribution in [0.5, 0.6) is 11.5 Å². The Morgan fingerprint density at radius 3 is 2.32 bits per heavy atom. The molecule has 1 saturated heterocycles. The highest BCUT2D eigenvalue weighted by molar-refractivity contribution is 5.94. The van der Waals surface area contributed by atoms with E-state index in [0.29, 0.717) is 38.3 Å². The first-order valence-electron chi connectivity index (χ1n) is 9.66. The Balaban J connectivity index is 1.40. The highest BCUT2D eigenvalue weighted by Crippen LogP contribution is 2.17. The zero-order valence-corrected chi connectivity index (χ0v) is 16.1. The number of carbonyl (C=O) groups is 2. The SMILES string of the molecule is CCOc1ccc(OCCNC(=O)c2ccc(CN3CCCC3=O)cc2)cc1. The second-order valence-corrected chi connectivity index (χ2v) is 6.62. The van der Waals surface area contributed by atoms with E-state index in [1.807, 2.05) is 48.2 Å². The fraction of sp³-hybridized carbons (Fsp3) is 0.364. The third-order valence-electron chi connectivity index (χ3n) is 4.55. The van der Waals surface area contributed by atoms with Crippen molar-refractivity contribution in [3.63, 3.8) is 0 Å². The molecule has 1 aliphatic rings. The highest BCUT2D eigenvalue weighted by Gasteiger charge is 2.19. The van der Waals surface area contributed by atoms with Crippen LogP contribution in [0, 0.1) is 0 Å². The lowest BCUT2D eigenvalue weighted by Gasteiger charge is -2.15. The molecule has 1 heterocycles. The fourth-order valence-electron chi connectivity index (χ4n) is 3.09. The molecule has 1 fully saturated rings. The zero-order valence-electron chi connectivity index (χ0n) is 16.1. The van der Waals surface area contributed by atoms with Crippen LogP contribution in [0.4, 0.5) is 0 Å². The summed E-state index contributed by atoms with van der Waals surface area (Å²) in [5.41, 5.74) is 1.63. The van der Waals surface area contributed by atoms with E-state index in [1.165, 1.54) is 0 Å². The average molecular weight is 382 g/mol. The van der Waals surface area contributed by atoms with E-state index in [4.69, 9.17) is 9.47 Å². The van der Waals surface area contributed by atoms with Crippen LogP contribution in [-0.2, 0) is 11.3 Å². The first-order chi connectivity index (χ1) is 13.7. The van der Waals surface area contributed by atoms with Gasteiger partial charge in [-0.2, -0.15) is 0 Å². The molecule has 0 saturated carbocycles. The molecule has 0 atom stereocenters. The molecule has 6 nitrogen and oxygen atoms in total. The monoisotopic (exact) mass is 382 g/mol. The van der Waals surface area contributed by atoms with Crippen molar-refractivity contribution in [3.8, 4) is 11.5 Å². The molecule has 0 unspecified atom stereocenters. The first kappa shape index (κ1) is 19.7. The van der Waals surface area contributed by atoms with Crippen LogP contribution in [0.25, 0.3) is 0 Å². The van der Waals surface area contributed by atoms with Crippen LogP contribution in [-0.4, -0.2) is 43.0 Å². The number of ether oxygens (including phenoxy) is 2. The Kier molecular flexibility index (Phi) is 6.89. The second kappa shape index (κ2) is 9.78. The quantitative estimate of drug-likeness (QED) is 0.677. The van der Waals surface area contributed by atoms with Crippen LogP contribution in [0.3, 0.4) is 0 Å². The van der Waals surface area contributed by atoms with Crippen molar-refractivity contribution in [1.29, 1.82) is 0 Å². The maximum absolute atomic E-state index is 12.2. The Hall–Kier alpha value is -3.02. The molecule has 2 amide bonds. The molecule has 0 spiro atoms. The molecule has 0 aliphatic carbocycles. The van der Waals surface area contributed by atoms with Gasteiger partial charge in [0.15, 0.2) is 0 Å². The van der Waals surface area contributed by atoms with E-state index in [9.17, 15) is 9.59 Å². The number of amides is 2. The molecule has 28 heavy (non-hydrogen) atoms. The summed E-state index contributed by atoms with van der Waals surface area (Å²) in [6, 6.07) is 14.8. The molecule has 6 heteroatoms. The molecule has 0 aromatic heterocycles. The number of carbonyl (C=O) groups excluding carboxylic acids is 2. The van der Waals surface area contributed by atoms with Crippen molar-refractivity contribution in [2.24, 2.45) is 0 Å². The normalized spacial score (nSPS) is 13.5. The molecule has 148 valence electrons. The third kappa shape index (κ3) is 5.49. The topological polar surface area (TPSA) is 67.9 Å². The van der Waals surface area contributed by atoms with Crippen LogP contribution in [0.15, 0.2) is 48.5 Å². The van der Waals surface area contributed by atoms with E-state index in [0.717, 1.165) is 30.0 Å². The van der Waals surface area contributed by atoms with Crippen molar-refractivity contribution in [1.82, 2.24) is 10.2 Å². The predicted molar refractivity (Wildman–Crippen MR) is 107 cm³/mol. The Bertz CT molecular complexity index is 787. The largest absolute Gasteiger partial charge is 0.494 e. The van der Waals surface area contributed by atoms with Crippen LogP contribution >= 0.6 is 0 Å². The van der Waals surface area contributed by atoms with E-state index >= 15 is 0 Å². The molecular weight excluding hydrogens is 356 g/mol. The maximum atomic E-state index is 12.2. The van der Waals surface area contributed by atoms with Gasteiger partial charge >= 0.3 is 0 Å². The molecule has 3 rings (SSSR count). The summed E-state index contributed by atoms with van der Waals surface area (Å²) in [5.74, 6) is 1.60. The van der Waals surface area contributed by atoms with Gasteiger partial charge in [0.05, 0.1) is 13.2 Å². The van der Waals surface area contributed by atoms with Gasteiger partial charge in [0.25, 0.3) is 5.91 Å². The Morgan fingerprint density at radius 2 is 1.71 bits per heavy atom. The lowest BCUT2D eigenvalue weighted by molar-refractivity contribution is -0.128. The fourth-order valence-corrected chi connectivity index (χ4v) is 3.09. The molecule has 2 aromatic carbocycles. The minimum atomic E-state index is -0.140. The second-order valence-electron chi connectivity index (χ2n) is 6.62. The maximum Gasteiger partial charge on any atom is 0.251 e. The molecule has 2 aromatic rings. The lowest BCUT2D eigenvalue weighted by Crippen LogP contribution is -2.28. The lowest BCUT2D eigenvalue weighted by atomic mass is 10.1. The standard InChI is InChI=1S/C22H26N2O4/c1-2-27-19-9-11-20(12-10-19)28-15-13-23-22(26)18-7-5-17(6-8-18)16-24-14-3-4-21(24)25/h5-12H,2-4,13-16H2,1H3,(H,23,26). The number of nitrogens with one attached hydrogen (secondary N) is 1. The van der Waals surface area contributed by atoms with Gasteiger partial charge in [-0.3, -0.25) is 9.59 Å². The molecule has 0 radical (unpaired) electrons. The molecule has 1 N–H and O–H groups in total.